The molecule has 0 radical (unpaired) electrons. The van der Waals surface area contributed by atoms with E-state index in [0.29, 0.717) is 0 Å². The lowest BCUT2D eigenvalue weighted by Crippen LogP contribution is -1.88. The zero-order valence-corrected chi connectivity index (χ0v) is 13.4. The van der Waals surface area contributed by atoms with E-state index in [2.05, 4.69) is 60.1 Å². The van der Waals surface area contributed by atoms with Crippen molar-refractivity contribution in [2.45, 2.75) is 66.7 Å². The van der Waals surface area contributed by atoms with Crippen LogP contribution in [-0.2, 0) is 0 Å². The number of hydrogen-bond acceptors (Lipinski definition) is 0. The van der Waals surface area contributed by atoms with Gasteiger partial charge in [0, 0.05) is 0 Å². The van der Waals surface area contributed by atoms with Gasteiger partial charge in [0.05, 0.1) is 0 Å². The molecule has 0 heterocycles. The predicted octanol–water partition coefficient (Wildman–Crippen LogP) is 6.86. The molecule has 0 saturated heterocycles. The molecular formula is C18H34. The van der Waals surface area contributed by atoms with Crippen LogP contribution in [0.2, 0.25) is 0 Å². The second-order valence-corrected chi connectivity index (χ2v) is 4.28. The van der Waals surface area contributed by atoms with E-state index in [0.717, 1.165) is 18.4 Å². The Hall–Kier alpha value is -1.04. The first-order valence-electron chi connectivity index (χ1n) is 7.07. The fourth-order valence-corrected chi connectivity index (χ4v) is 1.30. The zero-order chi connectivity index (χ0) is 15.0. The first-order valence-corrected chi connectivity index (χ1v) is 7.07. The molecule has 0 spiro atoms. The van der Waals surface area contributed by atoms with Crippen molar-refractivity contribution in [3.05, 3.63) is 49.1 Å². The quantitative estimate of drug-likeness (QED) is 0.356. The Labute approximate surface area is 116 Å². The smallest absolute Gasteiger partial charge is 0.0282 e. The molecule has 0 aliphatic carbocycles. The lowest BCUT2D eigenvalue weighted by Gasteiger charge is -2.08. The van der Waals surface area contributed by atoms with Gasteiger partial charge < -0.3 is 0 Å². The Morgan fingerprint density at radius 2 is 1.44 bits per heavy atom. The van der Waals surface area contributed by atoms with Gasteiger partial charge in [-0.05, 0) is 31.8 Å². The Kier molecular flexibility index (Phi) is 22.6. The standard InChI is InChI=1S/C13H22.C3H8.C2H4/c1-6-8-9-12(5)13(7-2)10-11(3)4;1-3-2;1-2/h10H,3,5-9H2,1-2,4H3;3H2,1-2H3;1-2H2/b13-10-;;. The summed E-state index contributed by atoms with van der Waals surface area (Å²) in [6.45, 7) is 24.7. The minimum atomic E-state index is 1.06. The molecule has 0 atom stereocenters. The molecule has 0 nitrogen and oxygen atoms in total. The summed E-state index contributed by atoms with van der Waals surface area (Å²) in [7, 11) is 0. The van der Waals surface area contributed by atoms with Gasteiger partial charge in [-0.2, -0.15) is 0 Å². The summed E-state index contributed by atoms with van der Waals surface area (Å²) in [6, 6.07) is 0. The molecule has 0 saturated carbocycles. The predicted molar refractivity (Wildman–Crippen MR) is 89.1 cm³/mol. The first kappa shape index (κ1) is 22.2. The molecule has 0 fully saturated rings. The summed E-state index contributed by atoms with van der Waals surface area (Å²) in [5.74, 6) is 0. The lowest BCUT2D eigenvalue weighted by molar-refractivity contribution is 0.787. The Bertz CT molecular complexity index is 230. The van der Waals surface area contributed by atoms with Gasteiger partial charge in [-0.1, -0.05) is 70.9 Å². The van der Waals surface area contributed by atoms with Gasteiger partial charge in [0.1, 0.15) is 0 Å². The maximum atomic E-state index is 4.11. The van der Waals surface area contributed by atoms with E-state index in [1.54, 1.807) is 0 Å². The second-order valence-electron chi connectivity index (χ2n) is 4.28. The highest BCUT2D eigenvalue weighted by molar-refractivity contribution is 5.33. The SMILES string of the molecule is C=C.C=C(C)/C=C(/CC)C(=C)CCCC.CCC. The number of rotatable bonds is 6. The van der Waals surface area contributed by atoms with Crippen molar-refractivity contribution in [2.24, 2.45) is 0 Å². The van der Waals surface area contributed by atoms with Crippen LogP contribution in [0.4, 0.5) is 0 Å². The van der Waals surface area contributed by atoms with Crippen molar-refractivity contribution in [1.29, 1.82) is 0 Å². The molecule has 0 aromatic rings. The minimum Gasteiger partial charge on any atom is -0.106 e. The first-order chi connectivity index (χ1) is 8.53. The Balaban J connectivity index is -0.000000389. The van der Waals surface area contributed by atoms with E-state index >= 15 is 0 Å². The normalized spacial score (nSPS) is 9.50. The van der Waals surface area contributed by atoms with Gasteiger partial charge in [0.25, 0.3) is 0 Å². The van der Waals surface area contributed by atoms with Crippen molar-refractivity contribution < 1.29 is 0 Å². The largest absolute Gasteiger partial charge is 0.106 e. The topological polar surface area (TPSA) is 0 Å². The average Bonchev–Trinajstić information content (AvgIpc) is 2.36. The summed E-state index contributed by atoms with van der Waals surface area (Å²) in [6.07, 6.45) is 8.08. The molecule has 0 aromatic heterocycles. The van der Waals surface area contributed by atoms with Crippen LogP contribution in [0, 0.1) is 0 Å². The van der Waals surface area contributed by atoms with Crippen LogP contribution in [-0.4, -0.2) is 0 Å². The molecule has 0 heteroatoms. The summed E-state index contributed by atoms with van der Waals surface area (Å²) >= 11 is 0. The van der Waals surface area contributed by atoms with Crippen molar-refractivity contribution >= 4 is 0 Å². The highest BCUT2D eigenvalue weighted by Crippen LogP contribution is 2.19. The van der Waals surface area contributed by atoms with Crippen LogP contribution in [0.25, 0.3) is 0 Å². The van der Waals surface area contributed by atoms with Crippen LogP contribution in [0.15, 0.2) is 49.1 Å². The van der Waals surface area contributed by atoms with Crippen LogP contribution in [0.5, 0.6) is 0 Å². The van der Waals surface area contributed by atoms with E-state index in [9.17, 15) is 0 Å². The van der Waals surface area contributed by atoms with E-state index in [4.69, 9.17) is 0 Å². The molecule has 0 bridgehead atoms. The molecule has 0 amide bonds. The molecule has 18 heavy (non-hydrogen) atoms. The molecule has 106 valence electrons. The highest BCUT2D eigenvalue weighted by Gasteiger charge is 1.99. The van der Waals surface area contributed by atoms with Gasteiger partial charge in [-0.3, -0.25) is 0 Å². The van der Waals surface area contributed by atoms with Gasteiger partial charge in [-0.25, -0.2) is 0 Å². The van der Waals surface area contributed by atoms with Gasteiger partial charge in [0.15, 0.2) is 0 Å². The van der Waals surface area contributed by atoms with Crippen molar-refractivity contribution in [3.8, 4) is 0 Å². The maximum absolute atomic E-state index is 4.11. The van der Waals surface area contributed by atoms with Crippen molar-refractivity contribution in [2.75, 3.05) is 0 Å². The summed E-state index contributed by atoms with van der Waals surface area (Å²) < 4.78 is 0. The van der Waals surface area contributed by atoms with E-state index < -0.39 is 0 Å². The molecule has 0 N–H and O–H groups in total. The van der Waals surface area contributed by atoms with Crippen molar-refractivity contribution in [3.63, 3.8) is 0 Å². The molecule has 0 aliphatic heterocycles. The third-order valence-electron chi connectivity index (χ3n) is 2.09. The maximum Gasteiger partial charge on any atom is -0.0282 e. The van der Waals surface area contributed by atoms with Crippen LogP contribution >= 0.6 is 0 Å². The van der Waals surface area contributed by atoms with Crippen LogP contribution in [0.1, 0.15) is 66.7 Å². The van der Waals surface area contributed by atoms with E-state index in [1.165, 1.54) is 30.4 Å². The van der Waals surface area contributed by atoms with E-state index in [-0.39, 0.29) is 0 Å². The Morgan fingerprint density at radius 1 is 1.00 bits per heavy atom. The summed E-state index contributed by atoms with van der Waals surface area (Å²) in [4.78, 5) is 0. The van der Waals surface area contributed by atoms with E-state index in [1.807, 2.05) is 6.92 Å². The van der Waals surface area contributed by atoms with Gasteiger partial charge in [0.2, 0.25) is 0 Å². The molecule has 0 unspecified atom stereocenters. The lowest BCUT2D eigenvalue weighted by atomic mass is 9.98. The summed E-state index contributed by atoms with van der Waals surface area (Å²) in [5.41, 5.74) is 3.77. The molecule has 0 rings (SSSR count). The average molecular weight is 250 g/mol. The van der Waals surface area contributed by atoms with Gasteiger partial charge in [-0.15, -0.1) is 13.2 Å². The molecule has 0 aromatic carbocycles. The minimum absolute atomic E-state index is 1.06. The third kappa shape index (κ3) is 17.4. The van der Waals surface area contributed by atoms with Crippen LogP contribution < -0.4 is 0 Å². The molecule has 0 aliphatic rings. The number of hydrogen-bond donors (Lipinski definition) is 0. The summed E-state index contributed by atoms with van der Waals surface area (Å²) in [5, 5.41) is 0. The highest BCUT2D eigenvalue weighted by atomic mass is 14.0. The monoisotopic (exact) mass is 250 g/mol. The number of unbranched alkanes of at least 4 members (excludes halogenated alkanes) is 1. The third-order valence-corrected chi connectivity index (χ3v) is 2.09. The second kappa shape index (κ2) is 18.3. The fraction of sp³-hybridized carbons (Fsp3) is 0.556. The fourth-order valence-electron chi connectivity index (χ4n) is 1.30. The Morgan fingerprint density at radius 3 is 1.72 bits per heavy atom. The number of allylic oxidation sites excluding steroid dienone is 4. The van der Waals surface area contributed by atoms with Crippen molar-refractivity contribution in [1.82, 2.24) is 0 Å². The van der Waals surface area contributed by atoms with Gasteiger partial charge >= 0.3 is 0 Å². The zero-order valence-electron chi connectivity index (χ0n) is 13.4. The molecular weight excluding hydrogens is 216 g/mol. The van der Waals surface area contributed by atoms with Crippen LogP contribution in [0.3, 0.4) is 0 Å².